The van der Waals surface area contributed by atoms with Crippen LogP contribution in [0.1, 0.15) is 11.7 Å². The van der Waals surface area contributed by atoms with E-state index in [4.69, 9.17) is 9.26 Å². The molecule has 3 rings (SSSR count). The average Bonchev–Trinajstić information content (AvgIpc) is 2.90. The fraction of sp³-hybridized carbons (Fsp3) is 0.231. The summed E-state index contributed by atoms with van der Waals surface area (Å²) in [5.41, 5.74) is -0.186. The Balaban J connectivity index is 1.94. The summed E-state index contributed by atoms with van der Waals surface area (Å²) in [5.74, 6) is 0.762. The number of fused-ring (bicyclic) bond motifs is 1. The number of hydrogen-bond acceptors (Lipinski definition) is 6. The molecule has 0 spiro atoms. The van der Waals surface area contributed by atoms with Crippen LogP contribution in [0.5, 0.6) is 0 Å². The topological polar surface area (TPSA) is 83.0 Å². The quantitative estimate of drug-likeness (QED) is 0.704. The predicted octanol–water partition coefficient (Wildman–Crippen LogP) is 0.974. The molecular weight excluding hydrogens is 260 g/mol. The van der Waals surface area contributed by atoms with Crippen LogP contribution in [0.25, 0.3) is 10.8 Å². The van der Waals surface area contributed by atoms with Crippen molar-refractivity contribution >= 4 is 10.8 Å². The Morgan fingerprint density at radius 1 is 1.35 bits per heavy atom. The van der Waals surface area contributed by atoms with Crippen molar-refractivity contribution in [3.05, 3.63) is 52.5 Å². The molecule has 2 aromatic heterocycles. The van der Waals surface area contributed by atoms with E-state index in [-0.39, 0.29) is 18.7 Å². The molecule has 102 valence electrons. The van der Waals surface area contributed by atoms with Gasteiger partial charge < -0.3 is 9.26 Å². The first-order valence-corrected chi connectivity index (χ1v) is 6.03. The second-order valence-electron chi connectivity index (χ2n) is 4.23. The largest absolute Gasteiger partial charge is 0.377 e. The van der Waals surface area contributed by atoms with E-state index in [1.165, 1.54) is 4.68 Å². The molecule has 0 atom stereocenters. The Labute approximate surface area is 113 Å². The van der Waals surface area contributed by atoms with Gasteiger partial charge in [-0.25, -0.2) is 4.68 Å². The molecule has 0 aliphatic carbocycles. The minimum atomic E-state index is -0.186. The Bertz CT molecular complexity index is 793. The van der Waals surface area contributed by atoms with E-state index in [0.29, 0.717) is 17.1 Å². The first-order chi connectivity index (χ1) is 9.78. The van der Waals surface area contributed by atoms with E-state index in [1.54, 1.807) is 19.4 Å². The lowest BCUT2D eigenvalue weighted by Crippen LogP contribution is -2.23. The standard InChI is InChI=1S/C13H12N4O3/c1-19-8-11-15-12(20-16-11)7-17-13(18)10-5-3-2-4-9(10)6-14-17/h2-6H,7-8H2,1H3. The van der Waals surface area contributed by atoms with Gasteiger partial charge in [0.1, 0.15) is 13.2 Å². The van der Waals surface area contributed by atoms with Crippen LogP contribution in [-0.4, -0.2) is 27.0 Å². The van der Waals surface area contributed by atoms with Gasteiger partial charge in [-0.05, 0) is 6.07 Å². The van der Waals surface area contributed by atoms with Crippen molar-refractivity contribution in [2.24, 2.45) is 0 Å². The van der Waals surface area contributed by atoms with Gasteiger partial charge in [0, 0.05) is 12.5 Å². The maximum Gasteiger partial charge on any atom is 0.275 e. The Hall–Kier alpha value is -2.54. The van der Waals surface area contributed by atoms with Crippen molar-refractivity contribution in [3.63, 3.8) is 0 Å². The second-order valence-corrected chi connectivity index (χ2v) is 4.23. The van der Waals surface area contributed by atoms with Crippen LogP contribution in [-0.2, 0) is 17.9 Å². The van der Waals surface area contributed by atoms with Crippen LogP contribution in [0.3, 0.4) is 0 Å². The van der Waals surface area contributed by atoms with Crippen molar-refractivity contribution in [2.75, 3.05) is 7.11 Å². The summed E-state index contributed by atoms with van der Waals surface area (Å²) < 4.78 is 11.2. The normalized spacial score (nSPS) is 11.1. The van der Waals surface area contributed by atoms with Crippen molar-refractivity contribution in [2.45, 2.75) is 13.2 Å². The summed E-state index contributed by atoms with van der Waals surface area (Å²) >= 11 is 0. The molecule has 0 amide bonds. The number of hydrogen-bond donors (Lipinski definition) is 0. The number of benzene rings is 1. The SMILES string of the molecule is COCc1noc(Cn2ncc3ccccc3c2=O)n1. The Morgan fingerprint density at radius 2 is 2.20 bits per heavy atom. The van der Waals surface area contributed by atoms with E-state index in [1.807, 2.05) is 18.2 Å². The third kappa shape index (κ3) is 2.30. The van der Waals surface area contributed by atoms with E-state index in [9.17, 15) is 4.79 Å². The highest BCUT2D eigenvalue weighted by Gasteiger charge is 2.10. The Kier molecular flexibility index (Phi) is 3.26. The van der Waals surface area contributed by atoms with Crippen molar-refractivity contribution in [1.82, 2.24) is 19.9 Å². The molecule has 7 nitrogen and oxygen atoms in total. The van der Waals surface area contributed by atoms with E-state index >= 15 is 0 Å². The molecule has 7 heteroatoms. The first kappa shape index (κ1) is 12.5. The highest BCUT2D eigenvalue weighted by atomic mass is 16.5. The molecule has 0 bridgehead atoms. The fourth-order valence-corrected chi connectivity index (χ4v) is 1.91. The molecule has 2 heterocycles. The monoisotopic (exact) mass is 272 g/mol. The molecule has 0 N–H and O–H groups in total. The number of rotatable bonds is 4. The van der Waals surface area contributed by atoms with Gasteiger partial charge >= 0.3 is 0 Å². The summed E-state index contributed by atoms with van der Waals surface area (Å²) in [6.45, 7) is 0.407. The number of ether oxygens (including phenoxy) is 1. The third-order valence-corrected chi connectivity index (χ3v) is 2.83. The maximum atomic E-state index is 12.3. The lowest BCUT2D eigenvalue weighted by atomic mass is 10.2. The van der Waals surface area contributed by atoms with Gasteiger partial charge in [0.05, 0.1) is 11.6 Å². The summed E-state index contributed by atoms with van der Waals surface area (Å²) in [6.07, 6.45) is 1.64. The summed E-state index contributed by atoms with van der Waals surface area (Å²) in [6, 6.07) is 7.29. The summed E-state index contributed by atoms with van der Waals surface area (Å²) in [5, 5.41) is 9.26. The van der Waals surface area contributed by atoms with E-state index < -0.39 is 0 Å². The first-order valence-electron chi connectivity index (χ1n) is 6.03. The van der Waals surface area contributed by atoms with Gasteiger partial charge in [0.25, 0.3) is 5.56 Å². The van der Waals surface area contributed by atoms with Crippen LogP contribution >= 0.6 is 0 Å². The maximum absolute atomic E-state index is 12.3. The molecule has 0 saturated carbocycles. The van der Waals surface area contributed by atoms with Crippen molar-refractivity contribution in [1.29, 1.82) is 0 Å². The lowest BCUT2D eigenvalue weighted by molar-refractivity contribution is 0.174. The predicted molar refractivity (Wildman–Crippen MR) is 70.1 cm³/mol. The van der Waals surface area contributed by atoms with Crippen LogP contribution in [0.4, 0.5) is 0 Å². The molecular formula is C13H12N4O3. The van der Waals surface area contributed by atoms with Crippen LogP contribution < -0.4 is 5.56 Å². The molecule has 0 fully saturated rings. The zero-order valence-electron chi connectivity index (χ0n) is 10.8. The van der Waals surface area contributed by atoms with Gasteiger partial charge in [-0.3, -0.25) is 4.79 Å². The highest BCUT2D eigenvalue weighted by Crippen LogP contribution is 2.07. The average molecular weight is 272 g/mol. The molecule has 0 aliphatic heterocycles. The molecule has 1 aromatic carbocycles. The zero-order chi connectivity index (χ0) is 13.9. The third-order valence-electron chi connectivity index (χ3n) is 2.83. The minimum Gasteiger partial charge on any atom is -0.377 e. The van der Waals surface area contributed by atoms with Crippen LogP contribution in [0.2, 0.25) is 0 Å². The molecule has 0 aliphatic rings. The second kappa shape index (κ2) is 5.22. The molecule has 3 aromatic rings. The molecule has 0 saturated heterocycles. The van der Waals surface area contributed by atoms with Crippen LogP contribution in [0.15, 0.2) is 39.8 Å². The summed E-state index contributed by atoms with van der Waals surface area (Å²) in [4.78, 5) is 16.4. The lowest BCUT2D eigenvalue weighted by Gasteiger charge is -2.02. The van der Waals surface area contributed by atoms with Crippen molar-refractivity contribution in [3.8, 4) is 0 Å². The molecule has 0 unspecified atom stereocenters. The summed E-state index contributed by atoms with van der Waals surface area (Å²) in [7, 11) is 1.55. The molecule has 20 heavy (non-hydrogen) atoms. The fourth-order valence-electron chi connectivity index (χ4n) is 1.91. The number of nitrogens with zero attached hydrogens (tertiary/aromatic N) is 4. The van der Waals surface area contributed by atoms with Gasteiger partial charge in [-0.15, -0.1) is 0 Å². The van der Waals surface area contributed by atoms with Gasteiger partial charge in [-0.1, -0.05) is 23.4 Å². The van der Waals surface area contributed by atoms with Gasteiger partial charge in [0.15, 0.2) is 5.82 Å². The van der Waals surface area contributed by atoms with Gasteiger partial charge in [-0.2, -0.15) is 10.1 Å². The highest BCUT2D eigenvalue weighted by molar-refractivity contribution is 5.80. The Morgan fingerprint density at radius 3 is 3.05 bits per heavy atom. The number of aromatic nitrogens is 4. The number of methoxy groups -OCH3 is 1. The minimum absolute atomic E-state index is 0.139. The van der Waals surface area contributed by atoms with Gasteiger partial charge in [0.2, 0.25) is 5.89 Å². The van der Waals surface area contributed by atoms with E-state index in [2.05, 4.69) is 15.2 Å². The smallest absolute Gasteiger partial charge is 0.275 e. The zero-order valence-corrected chi connectivity index (χ0v) is 10.8. The van der Waals surface area contributed by atoms with Crippen molar-refractivity contribution < 1.29 is 9.26 Å². The van der Waals surface area contributed by atoms with E-state index in [0.717, 1.165) is 5.39 Å². The van der Waals surface area contributed by atoms with Crippen LogP contribution in [0, 0.1) is 0 Å². The molecule has 0 radical (unpaired) electrons.